The lowest BCUT2D eigenvalue weighted by Gasteiger charge is -2.38. The van der Waals surface area contributed by atoms with Crippen molar-refractivity contribution in [3.05, 3.63) is 118 Å². The summed E-state index contributed by atoms with van der Waals surface area (Å²) in [6.45, 7) is 4.48. The summed E-state index contributed by atoms with van der Waals surface area (Å²) < 4.78 is 9.34. The molecule has 3 aromatic heterocycles. The second-order valence-electron chi connectivity index (χ2n) is 13.0. The smallest absolute Gasteiger partial charge is 0.298 e. The largest absolute Gasteiger partial charge is 0.490 e. The molecule has 3 aromatic carbocycles. The maximum absolute atomic E-state index is 13.5. The molecule has 1 atom stereocenters. The second-order valence-corrected chi connectivity index (χ2v) is 14.1. The number of likely N-dealkylation sites (tertiary alicyclic amines) is 1. The topological polar surface area (TPSA) is 140 Å². The van der Waals surface area contributed by atoms with Gasteiger partial charge in [-0.25, -0.2) is 14.6 Å². The Labute approximate surface area is 293 Å². The van der Waals surface area contributed by atoms with Crippen molar-refractivity contribution >= 4 is 38.9 Å². The van der Waals surface area contributed by atoms with E-state index in [-0.39, 0.29) is 11.4 Å². The van der Waals surface area contributed by atoms with Crippen LogP contribution < -0.4 is 26.2 Å². The Morgan fingerprint density at radius 2 is 1.74 bits per heavy atom. The first-order valence-corrected chi connectivity index (χ1v) is 17.7. The number of piperidine rings is 1. The van der Waals surface area contributed by atoms with Gasteiger partial charge in [-0.05, 0) is 67.9 Å². The fourth-order valence-corrected chi connectivity index (χ4v) is 8.05. The van der Waals surface area contributed by atoms with E-state index in [4.69, 9.17) is 10.5 Å². The van der Waals surface area contributed by atoms with Gasteiger partial charge in [0.2, 0.25) is 0 Å². The average molecular weight is 690 g/mol. The minimum atomic E-state index is -1.10. The molecule has 1 saturated heterocycles. The Hall–Kier alpha value is -5.08. The van der Waals surface area contributed by atoms with Crippen LogP contribution in [-0.4, -0.2) is 73.1 Å². The highest BCUT2D eigenvalue weighted by Crippen LogP contribution is 2.38. The first kappa shape index (κ1) is 32.1. The molecule has 5 heterocycles. The molecule has 12 nitrogen and oxygen atoms in total. The number of aliphatic hydroxyl groups is 1. The third-order valence-corrected chi connectivity index (χ3v) is 10.6. The van der Waals surface area contributed by atoms with Crippen molar-refractivity contribution in [1.29, 1.82) is 0 Å². The van der Waals surface area contributed by atoms with Gasteiger partial charge in [0.25, 0.3) is 5.56 Å². The first-order chi connectivity index (χ1) is 24.4. The van der Waals surface area contributed by atoms with Crippen molar-refractivity contribution in [2.75, 3.05) is 43.4 Å². The van der Waals surface area contributed by atoms with E-state index in [9.17, 15) is 9.90 Å². The monoisotopic (exact) mass is 689 g/mol. The van der Waals surface area contributed by atoms with Gasteiger partial charge < -0.3 is 25.8 Å². The molecule has 0 spiro atoms. The molecule has 13 heteroatoms. The van der Waals surface area contributed by atoms with Crippen molar-refractivity contribution in [2.24, 2.45) is 0 Å². The number of benzene rings is 3. The van der Waals surface area contributed by atoms with E-state index in [0.717, 1.165) is 63.8 Å². The van der Waals surface area contributed by atoms with Crippen molar-refractivity contribution in [2.45, 2.75) is 37.6 Å². The van der Waals surface area contributed by atoms with Gasteiger partial charge in [-0.15, -0.1) is 11.3 Å². The zero-order chi connectivity index (χ0) is 34.1. The van der Waals surface area contributed by atoms with Crippen LogP contribution in [0.5, 0.6) is 5.75 Å². The molecule has 2 aliphatic rings. The molecule has 4 N–H and O–H groups in total. The zero-order valence-corrected chi connectivity index (χ0v) is 28.4. The molecule has 6 aromatic rings. The standard InChI is InChI=1S/C37H39N9O3S/c38-34-36(47)46(29-11-12-33-31(19-29)45(17-18-49-33)28-9-5-2-6-10-28)32-20-30(50-35(32)42-34)21-40-27-13-15-43(16-14-27)22-37(48,23-44-25-39-24-41-44)26-7-3-1-4-8-26/h1-12,19-20,24-25,27,40,48H,13-18,21-23H2,(H2,38,42)/t37-/m0/s1. The molecule has 8 rings (SSSR count). The molecule has 0 radical (unpaired) electrons. The lowest BCUT2D eigenvalue weighted by atomic mass is 9.92. The number of nitrogen functional groups attached to an aromatic ring is 1. The van der Waals surface area contributed by atoms with E-state index in [1.54, 1.807) is 26.9 Å². The van der Waals surface area contributed by atoms with Gasteiger partial charge >= 0.3 is 0 Å². The summed E-state index contributed by atoms with van der Waals surface area (Å²) in [7, 11) is 0. The Kier molecular flexibility index (Phi) is 8.79. The van der Waals surface area contributed by atoms with Crippen molar-refractivity contribution < 1.29 is 9.84 Å². The number of nitrogens with one attached hydrogen (secondary N) is 1. The summed E-state index contributed by atoms with van der Waals surface area (Å²) in [4.78, 5) is 28.4. The molecule has 0 saturated carbocycles. The number of nitrogens with zero attached hydrogens (tertiary/aromatic N) is 7. The molecule has 2 aliphatic heterocycles. The van der Waals surface area contributed by atoms with Crippen LogP contribution in [0.3, 0.4) is 0 Å². The fourth-order valence-electron chi connectivity index (χ4n) is 7.08. The Morgan fingerprint density at radius 3 is 2.50 bits per heavy atom. The van der Waals surface area contributed by atoms with Crippen molar-refractivity contribution in [3.8, 4) is 11.4 Å². The molecular weight excluding hydrogens is 651 g/mol. The van der Waals surface area contributed by atoms with Crippen LogP contribution >= 0.6 is 11.3 Å². The molecule has 0 aliphatic carbocycles. The van der Waals surface area contributed by atoms with Crippen molar-refractivity contribution in [1.82, 2.24) is 34.5 Å². The van der Waals surface area contributed by atoms with E-state index < -0.39 is 5.60 Å². The number of hydrogen-bond donors (Lipinski definition) is 3. The number of aromatic nitrogens is 5. The first-order valence-electron chi connectivity index (χ1n) is 16.9. The SMILES string of the molecule is Nc1nc2sc(CNC3CCN(C[C@](O)(Cn4cncn4)c4ccccc4)CC3)cc2n(-c2ccc3c(c2)N(c2ccccc2)CCO3)c1=O. The van der Waals surface area contributed by atoms with Gasteiger partial charge in [0.1, 0.15) is 35.4 Å². The minimum Gasteiger partial charge on any atom is -0.490 e. The van der Waals surface area contributed by atoms with Crippen LogP contribution in [0.1, 0.15) is 23.3 Å². The van der Waals surface area contributed by atoms with E-state index in [0.29, 0.717) is 44.5 Å². The Balaban J connectivity index is 0.967. The van der Waals surface area contributed by atoms with E-state index >= 15 is 0 Å². The lowest BCUT2D eigenvalue weighted by molar-refractivity contribution is -0.0246. The van der Waals surface area contributed by atoms with Gasteiger partial charge in [-0.3, -0.25) is 14.3 Å². The maximum Gasteiger partial charge on any atom is 0.298 e. The minimum absolute atomic E-state index is 0.0283. The van der Waals surface area contributed by atoms with Gasteiger partial charge in [0.15, 0.2) is 5.82 Å². The van der Waals surface area contributed by atoms with E-state index in [2.05, 4.69) is 42.3 Å². The summed E-state index contributed by atoms with van der Waals surface area (Å²) in [6, 6.07) is 28.2. The van der Waals surface area contributed by atoms with Crippen molar-refractivity contribution in [3.63, 3.8) is 0 Å². The Morgan fingerprint density at radius 1 is 0.960 bits per heavy atom. The van der Waals surface area contributed by atoms with E-state index in [1.807, 2.05) is 72.8 Å². The number of β-amino-alcohol motifs (C(OH)–C–C–N with tert-alkyl or cyclic N) is 1. The van der Waals surface area contributed by atoms with Crippen LogP contribution in [0.2, 0.25) is 0 Å². The van der Waals surface area contributed by atoms with Crippen LogP contribution in [0.15, 0.2) is 102 Å². The maximum atomic E-state index is 13.5. The quantitative estimate of drug-likeness (QED) is 0.191. The summed E-state index contributed by atoms with van der Waals surface area (Å²) in [5.41, 5.74) is 9.03. The normalized spacial score (nSPS) is 16.6. The number of anilines is 3. The van der Waals surface area contributed by atoms with Gasteiger partial charge in [-0.1, -0.05) is 48.5 Å². The van der Waals surface area contributed by atoms with Gasteiger partial charge in [0.05, 0.1) is 30.0 Å². The highest BCUT2D eigenvalue weighted by Gasteiger charge is 2.34. The number of thiophene rings is 1. The van der Waals surface area contributed by atoms with E-state index in [1.165, 1.54) is 6.33 Å². The predicted octanol–water partition coefficient (Wildman–Crippen LogP) is 4.29. The highest BCUT2D eigenvalue weighted by atomic mass is 32.1. The van der Waals surface area contributed by atoms with Gasteiger partial charge in [-0.2, -0.15) is 5.10 Å². The van der Waals surface area contributed by atoms with Gasteiger partial charge in [0, 0.05) is 29.7 Å². The third kappa shape index (κ3) is 6.48. The van der Waals surface area contributed by atoms with Crippen LogP contribution in [-0.2, 0) is 18.7 Å². The number of para-hydroxylation sites is 1. The fraction of sp³-hybridized carbons (Fsp3) is 0.297. The zero-order valence-electron chi connectivity index (χ0n) is 27.6. The number of ether oxygens (including phenoxy) is 1. The second kappa shape index (κ2) is 13.7. The molecule has 50 heavy (non-hydrogen) atoms. The lowest BCUT2D eigenvalue weighted by Crippen LogP contribution is -2.49. The predicted molar refractivity (Wildman–Crippen MR) is 195 cm³/mol. The average Bonchev–Trinajstić information content (AvgIpc) is 3.81. The third-order valence-electron chi connectivity index (χ3n) is 9.60. The number of rotatable bonds is 10. The molecule has 0 unspecified atom stereocenters. The molecule has 0 amide bonds. The molecular formula is C37H39N9O3S. The van der Waals surface area contributed by atoms with Crippen LogP contribution in [0.25, 0.3) is 16.0 Å². The highest BCUT2D eigenvalue weighted by molar-refractivity contribution is 7.18. The summed E-state index contributed by atoms with van der Waals surface area (Å²) in [5, 5.41) is 19.8. The van der Waals surface area contributed by atoms with Crippen LogP contribution in [0, 0.1) is 0 Å². The number of nitrogens with two attached hydrogens (primary N) is 1. The number of hydrogen-bond acceptors (Lipinski definition) is 11. The molecule has 256 valence electrons. The summed E-state index contributed by atoms with van der Waals surface area (Å²) in [5.74, 6) is 0.746. The summed E-state index contributed by atoms with van der Waals surface area (Å²) >= 11 is 1.55. The number of fused-ring (bicyclic) bond motifs is 2. The summed E-state index contributed by atoms with van der Waals surface area (Å²) in [6.07, 6.45) is 5.03. The molecule has 0 bridgehead atoms. The molecule has 1 fully saturated rings. The van der Waals surface area contributed by atoms with Crippen LogP contribution in [0.4, 0.5) is 17.2 Å². The Bertz CT molecular complexity index is 2130.